The van der Waals surface area contributed by atoms with Gasteiger partial charge in [0.1, 0.15) is 5.75 Å². The molecular weight excluding hydrogens is 232 g/mol. The van der Waals surface area contributed by atoms with E-state index in [1.54, 1.807) is 31.4 Å². The van der Waals surface area contributed by atoms with Crippen molar-refractivity contribution in [3.05, 3.63) is 24.3 Å². The van der Waals surface area contributed by atoms with Gasteiger partial charge in [0.25, 0.3) is 0 Å². The fraction of sp³-hybridized carbons (Fsp3) is 0.462. The lowest BCUT2D eigenvalue weighted by Crippen LogP contribution is -2.31. The lowest BCUT2D eigenvalue weighted by atomic mass is 10.2. The third-order valence-electron chi connectivity index (χ3n) is 2.46. The van der Waals surface area contributed by atoms with Gasteiger partial charge in [-0.1, -0.05) is 6.92 Å². The second-order valence-electron chi connectivity index (χ2n) is 4.20. The molecule has 1 rings (SSSR count). The number of hydrogen-bond donors (Lipinski definition) is 3. The summed E-state index contributed by atoms with van der Waals surface area (Å²) in [4.78, 5) is 11.6. The summed E-state index contributed by atoms with van der Waals surface area (Å²) in [5.41, 5.74) is 0.734. The van der Waals surface area contributed by atoms with E-state index in [1.807, 2.05) is 6.92 Å². The summed E-state index contributed by atoms with van der Waals surface area (Å²) < 4.78 is 5.03. The Hall–Kier alpha value is -1.59. The van der Waals surface area contributed by atoms with Crippen molar-refractivity contribution in [2.75, 3.05) is 32.1 Å². The van der Waals surface area contributed by atoms with Crippen molar-refractivity contribution in [2.45, 2.75) is 6.92 Å². The molecule has 0 spiro atoms. The van der Waals surface area contributed by atoms with Crippen molar-refractivity contribution in [3.8, 4) is 5.75 Å². The van der Waals surface area contributed by atoms with Gasteiger partial charge in [-0.15, -0.1) is 0 Å². The fourth-order valence-electron chi connectivity index (χ4n) is 1.38. The summed E-state index contributed by atoms with van der Waals surface area (Å²) >= 11 is 0. The quantitative estimate of drug-likeness (QED) is 0.673. The smallest absolute Gasteiger partial charge is 0.238 e. The van der Waals surface area contributed by atoms with E-state index in [4.69, 9.17) is 9.84 Å². The van der Waals surface area contributed by atoms with E-state index in [1.165, 1.54) is 0 Å². The highest BCUT2D eigenvalue weighted by Gasteiger charge is 2.04. The summed E-state index contributed by atoms with van der Waals surface area (Å²) in [6, 6.07) is 7.15. The number of aliphatic hydroxyl groups excluding tert-OH is 1. The number of ether oxygens (including phenoxy) is 1. The molecule has 1 unspecified atom stereocenters. The van der Waals surface area contributed by atoms with E-state index in [0.29, 0.717) is 6.54 Å². The van der Waals surface area contributed by atoms with E-state index in [-0.39, 0.29) is 25.0 Å². The van der Waals surface area contributed by atoms with Gasteiger partial charge in [0.2, 0.25) is 5.91 Å². The SMILES string of the molecule is COc1ccc(NC(=O)CNCC(C)CO)cc1. The van der Waals surface area contributed by atoms with Gasteiger partial charge in [-0.3, -0.25) is 4.79 Å². The van der Waals surface area contributed by atoms with Crippen molar-refractivity contribution >= 4 is 11.6 Å². The first-order valence-corrected chi connectivity index (χ1v) is 5.91. The zero-order chi connectivity index (χ0) is 13.4. The Balaban J connectivity index is 2.30. The number of nitrogens with one attached hydrogen (secondary N) is 2. The number of carbonyl (C=O) groups is 1. The Morgan fingerprint density at radius 1 is 1.39 bits per heavy atom. The number of aliphatic hydroxyl groups is 1. The number of amides is 1. The van der Waals surface area contributed by atoms with Crippen LogP contribution in [-0.4, -0.2) is 37.8 Å². The molecule has 1 aromatic carbocycles. The van der Waals surface area contributed by atoms with Crippen LogP contribution in [0.4, 0.5) is 5.69 Å². The van der Waals surface area contributed by atoms with Crippen molar-refractivity contribution in [3.63, 3.8) is 0 Å². The zero-order valence-corrected chi connectivity index (χ0v) is 10.8. The highest BCUT2D eigenvalue weighted by Crippen LogP contribution is 2.14. The molecule has 0 fully saturated rings. The molecule has 0 aliphatic heterocycles. The molecule has 1 atom stereocenters. The van der Waals surface area contributed by atoms with Gasteiger partial charge in [-0.25, -0.2) is 0 Å². The molecule has 0 bridgehead atoms. The van der Waals surface area contributed by atoms with Crippen LogP contribution < -0.4 is 15.4 Å². The molecular formula is C13H20N2O3. The van der Waals surface area contributed by atoms with Crippen LogP contribution in [0, 0.1) is 5.92 Å². The van der Waals surface area contributed by atoms with Crippen LogP contribution in [0.2, 0.25) is 0 Å². The zero-order valence-electron chi connectivity index (χ0n) is 10.8. The van der Waals surface area contributed by atoms with Crippen molar-refractivity contribution in [1.29, 1.82) is 0 Å². The van der Waals surface area contributed by atoms with Crippen molar-refractivity contribution < 1.29 is 14.6 Å². The van der Waals surface area contributed by atoms with Crippen LogP contribution >= 0.6 is 0 Å². The van der Waals surface area contributed by atoms with Crippen molar-refractivity contribution in [1.82, 2.24) is 5.32 Å². The lowest BCUT2D eigenvalue weighted by molar-refractivity contribution is -0.115. The maximum absolute atomic E-state index is 11.6. The van der Waals surface area contributed by atoms with Gasteiger partial charge < -0.3 is 20.5 Å². The number of methoxy groups -OCH3 is 1. The maximum Gasteiger partial charge on any atom is 0.238 e. The Kier molecular flexibility index (Phi) is 6.18. The predicted molar refractivity (Wildman–Crippen MR) is 70.7 cm³/mol. The normalized spacial score (nSPS) is 11.9. The molecule has 100 valence electrons. The van der Waals surface area contributed by atoms with E-state index in [2.05, 4.69) is 10.6 Å². The molecule has 0 saturated heterocycles. The highest BCUT2D eigenvalue weighted by atomic mass is 16.5. The number of rotatable bonds is 7. The standard InChI is InChI=1S/C13H20N2O3/c1-10(9-16)7-14-8-13(17)15-11-3-5-12(18-2)6-4-11/h3-6,10,14,16H,7-9H2,1-2H3,(H,15,17). The number of hydrogen-bond acceptors (Lipinski definition) is 4. The van der Waals surface area contributed by atoms with Gasteiger partial charge in [-0.05, 0) is 30.2 Å². The van der Waals surface area contributed by atoms with E-state index in [0.717, 1.165) is 11.4 Å². The average molecular weight is 252 g/mol. The maximum atomic E-state index is 11.6. The Labute approximate surface area is 107 Å². The summed E-state index contributed by atoms with van der Waals surface area (Å²) in [6.07, 6.45) is 0. The van der Waals surface area contributed by atoms with Gasteiger partial charge >= 0.3 is 0 Å². The molecule has 3 N–H and O–H groups in total. The summed E-state index contributed by atoms with van der Waals surface area (Å²) in [6.45, 7) is 2.88. The first-order chi connectivity index (χ1) is 8.65. The number of benzene rings is 1. The molecule has 0 saturated carbocycles. The highest BCUT2D eigenvalue weighted by molar-refractivity contribution is 5.92. The molecule has 1 amide bonds. The molecule has 18 heavy (non-hydrogen) atoms. The largest absolute Gasteiger partial charge is 0.497 e. The van der Waals surface area contributed by atoms with Gasteiger partial charge in [-0.2, -0.15) is 0 Å². The summed E-state index contributed by atoms with van der Waals surface area (Å²) in [5, 5.41) is 14.6. The van der Waals surface area contributed by atoms with Crippen LogP contribution in [0.3, 0.4) is 0 Å². The minimum atomic E-state index is -0.106. The minimum Gasteiger partial charge on any atom is -0.497 e. The second-order valence-corrected chi connectivity index (χ2v) is 4.20. The molecule has 1 aromatic rings. The van der Waals surface area contributed by atoms with Gasteiger partial charge in [0.05, 0.1) is 13.7 Å². The molecule has 0 aliphatic carbocycles. The first-order valence-electron chi connectivity index (χ1n) is 5.91. The molecule has 0 heterocycles. The molecule has 0 aliphatic rings. The van der Waals surface area contributed by atoms with Crippen LogP contribution in [0.25, 0.3) is 0 Å². The summed E-state index contributed by atoms with van der Waals surface area (Å²) in [5.74, 6) is 0.798. The third-order valence-corrected chi connectivity index (χ3v) is 2.46. The van der Waals surface area contributed by atoms with E-state index >= 15 is 0 Å². The van der Waals surface area contributed by atoms with Crippen LogP contribution in [0.1, 0.15) is 6.92 Å². The van der Waals surface area contributed by atoms with E-state index in [9.17, 15) is 4.79 Å². The minimum absolute atomic E-state index is 0.106. The number of anilines is 1. The third kappa shape index (κ3) is 5.16. The van der Waals surface area contributed by atoms with Crippen LogP contribution in [0.5, 0.6) is 5.75 Å². The topological polar surface area (TPSA) is 70.6 Å². The van der Waals surface area contributed by atoms with Gasteiger partial charge in [0.15, 0.2) is 0 Å². The first kappa shape index (κ1) is 14.5. The van der Waals surface area contributed by atoms with Crippen molar-refractivity contribution in [2.24, 2.45) is 5.92 Å². The molecule has 5 heteroatoms. The second kappa shape index (κ2) is 7.68. The molecule has 0 aromatic heterocycles. The monoisotopic (exact) mass is 252 g/mol. The Bertz CT molecular complexity index is 365. The van der Waals surface area contributed by atoms with Gasteiger partial charge in [0, 0.05) is 18.8 Å². The van der Waals surface area contributed by atoms with Crippen LogP contribution in [0.15, 0.2) is 24.3 Å². The lowest BCUT2D eigenvalue weighted by Gasteiger charge is -2.10. The number of carbonyl (C=O) groups excluding carboxylic acids is 1. The van der Waals surface area contributed by atoms with Crippen LogP contribution in [-0.2, 0) is 4.79 Å². The Morgan fingerprint density at radius 2 is 2.06 bits per heavy atom. The average Bonchev–Trinajstić information content (AvgIpc) is 2.39. The Morgan fingerprint density at radius 3 is 2.61 bits per heavy atom. The molecule has 5 nitrogen and oxygen atoms in total. The van der Waals surface area contributed by atoms with E-state index < -0.39 is 0 Å². The predicted octanol–water partition coefficient (Wildman–Crippen LogP) is 0.852. The molecule has 0 radical (unpaired) electrons. The fourth-order valence-corrected chi connectivity index (χ4v) is 1.38. The summed E-state index contributed by atoms with van der Waals surface area (Å²) in [7, 11) is 1.60.